The number of carbonyl (C=O) groups is 1. The average Bonchev–Trinajstić information content (AvgIpc) is 3.68. The molecule has 1 rings (SSSR count). The van der Waals surface area contributed by atoms with Crippen LogP contribution in [0.15, 0.2) is 48.6 Å². The lowest BCUT2D eigenvalue weighted by atomic mass is 9.98. The number of hydrogen-bond donors (Lipinski definition) is 8. The van der Waals surface area contributed by atoms with Crippen LogP contribution in [0, 0.1) is 0 Å². The van der Waals surface area contributed by atoms with Gasteiger partial charge in [0.25, 0.3) is 0 Å². The van der Waals surface area contributed by atoms with E-state index < -0.39 is 74.2 Å². The molecule has 0 radical (unpaired) electrons. The molecule has 1 aliphatic rings. The predicted molar refractivity (Wildman–Crippen MR) is 348 cm³/mol. The van der Waals surface area contributed by atoms with Gasteiger partial charge in [0, 0.05) is 0 Å². The van der Waals surface area contributed by atoms with Crippen LogP contribution in [0.3, 0.4) is 0 Å². The highest BCUT2D eigenvalue weighted by Gasteiger charge is 2.44. The normalized spacial score (nSPS) is 19.3. The molecule has 0 spiro atoms. The zero-order chi connectivity index (χ0) is 60.3. The van der Waals surface area contributed by atoms with Crippen molar-refractivity contribution in [1.82, 2.24) is 5.32 Å². The van der Waals surface area contributed by atoms with Crippen molar-refractivity contribution in [3.63, 3.8) is 0 Å². The number of nitrogens with one attached hydrogen (secondary N) is 1. The summed E-state index contributed by atoms with van der Waals surface area (Å²) in [5, 5.41) is 76.4. The van der Waals surface area contributed by atoms with E-state index in [1.807, 2.05) is 0 Å². The van der Waals surface area contributed by atoms with Crippen molar-refractivity contribution in [3.05, 3.63) is 48.6 Å². The predicted octanol–water partition coefficient (Wildman–Crippen LogP) is 17.1. The Kier molecular flexibility index (Phi) is 57.5. The number of rotatable bonds is 62. The van der Waals surface area contributed by atoms with Gasteiger partial charge in [-0.15, -0.1) is 0 Å². The van der Waals surface area contributed by atoms with E-state index in [1.165, 1.54) is 244 Å². The molecular formula is C72H135NO10. The second-order valence-corrected chi connectivity index (χ2v) is 24.9. The first-order chi connectivity index (χ1) is 40.7. The molecule has 11 nitrogen and oxygen atoms in total. The maximum atomic E-state index is 13.2. The quantitative estimate of drug-likeness (QED) is 0.0215. The van der Waals surface area contributed by atoms with Gasteiger partial charge in [0.15, 0.2) is 6.29 Å². The van der Waals surface area contributed by atoms with Crippen molar-refractivity contribution in [3.8, 4) is 0 Å². The van der Waals surface area contributed by atoms with Crippen LogP contribution in [0.4, 0.5) is 0 Å². The standard InChI is InChI=1S/C72H135NO10/c1-3-5-7-9-11-13-15-17-19-21-23-25-26-27-28-29-30-31-32-33-34-35-36-37-38-39-40-42-44-46-48-50-52-54-56-58-60-65(76)71(81)73-63(62-82-72-70(80)69(79)68(78)66(61-74)83-72)67(77)64(75)59-57-55-53-51-49-47-45-43-41-24-22-20-18-16-14-12-10-8-6-4-2/h20,22,31-32,43,45,51,53,63-70,72,74-80H,3-19,21,23-30,33-42,44,46-50,52,54-62H2,1-2H3,(H,73,81)/b22-20+,32-31-,45-43+,53-51+. The summed E-state index contributed by atoms with van der Waals surface area (Å²) in [6.07, 6.45) is 67.8. The minimum Gasteiger partial charge on any atom is -0.394 e. The Labute approximate surface area is 510 Å². The summed E-state index contributed by atoms with van der Waals surface area (Å²) in [5.74, 6) is -0.708. The lowest BCUT2D eigenvalue weighted by molar-refractivity contribution is -0.303. The van der Waals surface area contributed by atoms with Crippen LogP contribution in [-0.2, 0) is 14.3 Å². The molecule has 11 heteroatoms. The zero-order valence-electron chi connectivity index (χ0n) is 53.9. The molecule has 0 aromatic rings. The minimum absolute atomic E-state index is 0.241. The molecule has 9 unspecified atom stereocenters. The van der Waals surface area contributed by atoms with Gasteiger partial charge in [0.2, 0.25) is 5.91 Å². The lowest BCUT2D eigenvalue weighted by Crippen LogP contribution is -2.60. The summed E-state index contributed by atoms with van der Waals surface area (Å²) in [5.41, 5.74) is 0. The molecule has 0 aromatic carbocycles. The molecule has 1 amide bonds. The molecule has 1 saturated heterocycles. The second-order valence-electron chi connectivity index (χ2n) is 24.9. The monoisotopic (exact) mass is 1170 g/mol. The van der Waals surface area contributed by atoms with Crippen molar-refractivity contribution < 1.29 is 50.0 Å². The fourth-order valence-corrected chi connectivity index (χ4v) is 11.4. The average molecular weight is 1170 g/mol. The molecule has 0 bridgehead atoms. The third kappa shape index (κ3) is 47.8. The van der Waals surface area contributed by atoms with Gasteiger partial charge in [0.1, 0.15) is 36.6 Å². The third-order valence-electron chi connectivity index (χ3n) is 17.1. The number of allylic oxidation sites excluding steroid dienone is 8. The van der Waals surface area contributed by atoms with Crippen LogP contribution in [0.25, 0.3) is 0 Å². The first-order valence-electron chi connectivity index (χ1n) is 35.5. The minimum atomic E-state index is -1.67. The van der Waals surface area contributed by atoms with E-state index in [2.05, 4.69) is 67.8 Å². The molecule has 8 N–H and O–H groups in total. The molecule has 9 atom stereocenters. The van der Waals surface area contributed by atoms with Crippen molar-refractivity contribution in [2.75, 3.05) is 13.2 Å². The lowest BCUT2D eigenvalue weighted by Gasteiger charge is -2.40. The van der Waals surface area contributed by atoms with E-state index >= 15 is 0 Å². The smallest absolute Gasteiger partial charge is 0.249 e. The van der Waals surface area contributed by atoms with E-state index in [-0.39, 0.29) is 12.8 Å². The molecular weight excluding hydrogens is 1040 g/mol. The summed E-state index contributed by atoms with van der Waals surface area (Å²) < 4.78 is 11.2. The topological polar surface area (TPSA) is 189 Å². The number of ether oxygens (including phenoxy) is 2. The van der Waals surface area contributed by atoms with Gasteiger partial charge in [-0.3, -0.25) is 4.79 Å². The number of carbonyl (C=O) groups excluding carboxylic acids is 1. The molecule has 488 valence electrons. The highest BCUT2D eigenvalue weighted by atomic mass is 16.7. The van der Waals surface area contributed by atoms with Gasteiger partial charge in [-0.05, 0) is 89.9 Å². The Morgan fingerprint density at radius 2 is 0.723 bits per heavy atom. The highest BCUT2D eigenvalue weighted by Crippen LogP contribution is 2.24. The van der Waals surface area contributed by atoms with E-state index in [0.29, 0.717) is 19.3 Å². The van der Waals surface area contributed by atoms with Crippen LogP contribution in [-0.4, -0.2) is 110 Å². The number of unbranched alkanes of at least 4 members (excludes halogenated alkanes) is 42. The summed E-state index contributed by atoms with van der Waals surface area (Å²) in [4.78, 5) is 13.2. The van der Waals surface area contributed by atoms with Crippen molar-refractivity contribution >= 4 is 5.91 Å². The number of aliphatic hydroxyl groups excluding tert-OH is 7. The number of amides is 1. The largest absolute Gasteiger partial charge is 0.394 e. The van der Waals surface area contributed by atoms with Crippen LogP contribution < -0.4 is 5.32 Å². The van der Waals surface area contributed by atoms with E-state index in [1.54, 1.807) is 0 Å². The summed E-state index contributed by atoms with van der Waals surface area (Å²) in [6, 6.07) is -1.20. The van der Waals surface area contributed by atoms with Gasteiger partial charge in [-0.2, -0.15) is 0 Å². The first-order valence-corrected chi connectivity index (χ1v) is 35.5. The fourth-order valence-electron chi connectivity index (χ4n) is 11.4. The summed E-state index contributed by atoms with van der Waals surface area (Å²) in [7, 11) is 0. The van der Waals surface area contributed by atoms with Crippen LogP contribution in [0.2, 0.25) is 0 Å². The van der Waals surface area contributed by atoms with Gasteiger partial charge in [-0.25, -0.2) is 0 Å². The summed E-state index contributed by atoms with van der Waals surface area (Å²) in [6.45, 7) is 3.47. The molecule has 1 aliphatic heterocycles. The Morgan fingerprint density at radius 1 is 0.410 bits per heavy atom. The van der Waals surface area contributed by atoms with Gasteiger partial charge in [-0.1, -0.05) is 294 Å². The fraction of sp³-hybridized carbons (Fsp3) is 0.875. The van der Waals surface area contributed by atoms with E-state index in [9.17, 15) is 40.5 Å². The van der Waals surface area contributed by atoms with Gasteiger partial charge in [0.05, 0.1) is 25.4 Å². The highest BCUT2D eigenvalue weighted by molar-refractivity contribution is 5.80. The van der Waals surface area contributed by atoms with Gasteiger partial charge < -0.3 is 50.5 Å². The number of hydrogen-bond acceptors (Lipinski definition) is 10. The molecule has 0 saturated carbocycles. The van der Waals surface area contributed by atoms with Crippen molar-refractivity contribution in [1.29, 1.82) is 0 Å². The molecule has 1 fully saturated rings. The molecule has 1 heterocycles. The Morgan fingerprint density at radius 3 is 1.07 bits per heavy atom. The SMILES string of the molecule is CCCCCCCCC/C=C/CC/C=C/CC/C=C/CCCC(O)C(O)C(COC1OC(CO)C(O)C(O)C1O)NC(=O)C(O)CCCCCCCCCCCCCCCCCC/C=C\CCCCCCCCCCCCCCCCCC. The Bertz CT molecular complexity index is 1490. The second kappa shape index (κ2) is 60.4. The van der Waals surface area contributed by atoms with Crippen molar-refractivity contribution in [2.45, 2.75) is 390 Å². The summed E-state index contributed by atoms with van der Waals surface area (Å²) >= 11 is 0. The van der Waals surface area contributed by atoms with Crippen LogP contribution in [0.5, 0.6) is 0 Å². The van der Waals surface area contributed by atoms with E-state index in [0.717, 1.165) is 44.9 Å². The molecule has 0 aromatic heterocycles. The maximum absolute atomic E-state index is 13.2. The third-order valence-corrected chi connectivity index (χ3v) is 17.1. The first kappa shape index (κ1) is 79.1. The Hall–Kier alpha value is -1.93. The van der Waals surface area contributed by atoms with Crippen LogP contribution >= 0.6 is 0 Å². The van der Waals surface area contributed by atoms with Gasteiger partial charge >= 0.3 is 0 Å². The molecule has 0 aliphatic carbocycles. The molecule has 83 heavy (non-hydrogen) atoms. The Balaban J connectivity index is 2.17. The maximum Gasteiger partial charge on any atom is 0.249 e. The van der Waals surface area contributed by atoms with E-state index in [4.69, 9.17) is 9.47 Å². The van der Waals surface area contributed by atoms with Crippen molar-refractivity contribution in [2.24, 2.45) is 0 Å². The van der Waals surface area contributed by atoms with Crippen LogP contribution in [0.1, 0.15) is 335 Å². The number of aliphatic hydroxyl groups is 7. The zero-order valence-corrected chi connectivity index (χ0v) is 53.9.